The van der Waals surface area contributed by atoms with Crippen molar-refractivity contribution in [3.05, 3.63) is 0 Å². The number of hydrogen-bond donors (Lipinski definition) is 2. The van der Waals surface area contributed by atoms with Crippen molar-refractivity contribution in [1.29, 1.82) is 0 Å². The van der Waals surface area contributed by atoms with Crippen LogP contribution in [0.4, 0.5) is 17.8 Å². The number of hydrogen-bond acceptors (Lipinski definition) is 7. The summed E-state index contributed by atoms with van der Waals surface area (Å²) in [6.07, 6.45) is 1.12. The second kappa shape index (κ2) is 7.73. The SMILES string of the molecule is CCCNc1nc(NCC(C)OC)nc(N(C)C)n1. The van der Waals surface area contributed by atoms with E-state index >= 15 is 0 Å². The molecule has 1 aromatic heterocycles. The van der Waals surface area contributed by atoms with E-state index in [9.17, 15) is 0 Å². The zero-order valence-corrected chi connectivity index (χ0v) is 12.4. The Morgan fingerprint density at radius 1 is 1.16 bits per heavy atom. The average molecular weight is 268 g/mol. The first-order chi connectivity index (χ1) is 9.06. The second-order valence-electron chi connectivity index (χ2n) is 4.53. The van der Waals surface area contributed by atoms with Crippen LogP contribution >= 0.6 is 0 Å². The van der Waals surface area contributed by atoms with E-state index < -0.39 is 0 Å². The maximum atomic E-state index is 5.18. The summed E-state index contributed by atoms with van der Waals surface area (Å²) >= 11 is 0. The van der Waals surface area contributed by atoms with Crippen LogP contribution in [0.2, 0.25) is 0 Å². The molecule has 0 saturated heterocycles. The second-order valence-corrected chi connectivity index (χ2v) is 4.53. The smallest absolute Gasteiger partial charge is 0.231 e. The van der Waals surface area contributed by atoms with Crippen LogP contribution in [-0.2, 0) is 4.74 Å². The lowest BCUT2D eigenvalue weighted by Crippen LogP contribution is -2.22. The minimum absolute atomic E-state index is 0.103. The molecule has 108 valence electrons. The fourth-order valence-corrected chi connectivity index (χ4v) is 1.28. The molecule has 0 aliphatic heterocycles. The Balaban J connectivity index is 2.80. The van der Waals surface area contributed by atoms with Gasteiger partial charge in [0.1, 0.15) is 0 Å². The summed E-state index contributed by atoms with van der Waals surface area (Å²) in [7, 11) is 5.49. The number of nitrogens with one attached hydrogen (secondary N) is 2. The minimum atomic E-state index is 0.103. The fourth-order valence-electron chi connectivity index (χ4n) is 1.28. The maximum Gasteiger partial charge on any atom is 0.231 e. The molecule has 19 heavy (non-hydrogen) atoms. The molecular weight excluding hydrogens is 244 g/mol. The lowest BCUT2D eigenvalue weighted by atomic mass is 10.4. The van der Waals surface area contributed by atoms with E-state index in [0.29, 0.717) is 24.4 Å². The van der Waals surface area contributed by atoms with Gasteiger partial charge in [0, 0.05) is 34.3 Å². The highest BCUT2D eigenvalue weighted by molar-refractivity contribution is 5.42. The van der Waals surface area contributed by atoms with Gasteiger partial charge in [0.2, 0.25) is 17.8 Å². The van der Waals surface area contributed by atoms with Crippen LogP contribution in [0.1, 0.15) is 20.3 Å². The van der Waals surface area contributed by atoms with Crippen molar-refractivity contribution in [2.45, 2.75) is 26.4 Å². The summed E-state index contributed by atoms with van der Waals surface area (Å²) in [4.78, 5) is 14.9. The monoisotopic (exact) mass is 268 g/mol. The molecule has 2 N–H and O–H groups in total. The van der Waals surface area contributed by atoms with E-state index in [1.165, 1.54) is 0 Å². The molecule has 7 nitrogen and oxygen atoms in total. The van der Waals surface area contributed by atoms with E-state index in [1.54, 1.807) is 7.11 Å². The van der Waals surface area contributed by atoms with Gasteiger partial charge in [0.15, 0.2) is 0 Å². The summed E-state index contributed by atoms with van der Waals surface area (Å²) in [5.74, 6) is 1.77. The summed E-state index contributed by atoms with van der Waals surface area (Å²) in [6.45, 7) is 5.57. The number of rotatable bonds is 8. The van der Waals surface area contributed by atoms with Gasteiger partial charge in [-0.15, -0.1) is 0 Å². The molecule has 7 heteroatoms. The Kier molecular flexibility index (Phi) is 6.27. The molecule has 1 unspecified atom stereocenters. The van der Waals surface area contributed by atoms with Crippen molar-refractivity contribution in [1.82, 2.24) is 15.0 Å². The third kappa shape index (κ3) is 5.25. The molecular formula is C12H24N6O. The maximum absolute atomic E-state index is 5.18. The molecule has 0 bridgehead atoms. The summed E-state index contributed by atoms with van der Waals surface area (Å²) in [5.41, 5.74) is 0. The summed E-state index contributed by atoms with van der Waals surface area (Å²) < 4.78 is 5.18. The fraction of sp³-hybridized carbons (Fsp3) is 0.750. The van der Waals surface area contributed by atoms with Crippen molar-refractivity contribution in [2.75, 3.05) is 49.8 Å². The van der Waals surface area contributed by atoms with Crippen molar-refractivity contribution >= 4 is 17.8 Å². The molecule has 0 amide bonds. The molecule has 0 spiro atoms. The van der Waals surface area contributed by atoms with E-state index in [0.717, 1.165) is 13.0 Å². The quantitative estimate of drug-likeness (QED) is 0.734. The van der Waals surface area contributed by atoms with E-state index in [1.807, 2.05) is 25.9 Å². The molecule has 1 heterocycles. The first-order valence-corrected chi connectivity index (χ1v) is 6.50. The normalized spacial score (nSPS) is 12.1. The lowest BCUT2D eigenvalue weighted by Gasteiger charge is -2.15. The molecule has 0 fully saturated rings. The molecule has 1 atom stereocenters. The average Bonchev–Trinajstić information content (AvgIpc) is 2.42. The summed E-state index contributed by atoms with van der Waals surface area (Å²) in [5, 5.41) is 6.33. The van der Waals surface area contributed by atoms with E-state index in [2.05, 4.69) is 32.5 Å². The van der Waals surface area contributed by atoms with Crippen molar-refractivity contribution < 1.29 is 4.74 Å². The molecule has 0 radical (unpaired) electrons. The predicted octanol–water partition coefficient (Wildman–Crippen LogP) is 1.21. The van der Waals surface area contributed by atoms with E-state index in [4.69, 9.17) is 4.74 Å². The minimum Gasteiger partial charge on any atom is -0.380 e. The molecule has 1 rings (SSSR count). The van der Waals surface area contributed by atoms with Crippen molar-refractivity contribution in [2.24, 2.45) is 0 Å². The van der Waals surface area contributed by atoms with Gasteiger partial charge < -0.3 is 20.3 Å². The van der Waals surface area contributed by atoms with Crippen LogP contribution in [0.25, 0.3) is 0 Å². The van der Waals surface area contributed by atoms with Gasteiger partial charge in [-0.25, -0.2) is 0 Å². The first kappa shape index (κ1) is 15.4. The Bertz CT molecular complexity index is 384. The van der Waals surface area contributed by atoms with Gasteiger partial charge >= 0.3 is 0 Å². The van der Waals surface area contributed by atoms with Gasteiger partial charge in [0.05, 0.1) is 6.10 Å². The first-order valence-electron chi connectivity index (χ1n) is 6.50. The molecule has 0 aliphatic carbocycles. The standard InChI is InChI=1S/C12H24N6O/c1-6-7-13-10-15-11(14-8-9(2)19-5)17-12(16-10)18(3)4/h9H,6-8H2,1-5H3,(H2,13,14,15,16,17). The van der Waals surface area contributed by atoms with Crippen LogP contribution in [0.5, 0.6) is 0 Å². The van der Waals surface area contributed by atoms with Crippen LogP contribution < -0.4 is 15.5 Å². The number of aromatic nitrogens is 3. The van der Waals surface area contributed by atoms with Crippen LogP contribution in [0.15, 0.2) is 0 Å². The number of nitrogens with zero attached hydrogens (tertiary/aromatic N) is 4. The van der Waals surface area contributed by atoms with Gasteiger partial charge in [-0.05, 0) is 13.3 Å². The highest BCUT2D eigenvalue weighted by Crippen LogP contribution is 2.11. The van der Waals surface area contributed by atoms with Crippen LogP contribution in [0, 0.1) is 0 Å². The Morgan fingerprint density at radius 2 is 1.79 bits per heavy atom. The topological polar surface area (TPSA) is 75.2 Å². The molecule has 1 aromatic rings. The van der Waals surface area contributed by atoms with Gasteiger partial charge in [0.25, 0.3) is 0 Å². The number of anilines is 3. The Morgan fingerprint density at radius 3 is 2.32 bits per heavy atom. The van der Waals surface area contributed by atoms with Gasteiger partial charge in [-0.1, -0.05) is 6.92 Å². The highest BCUT2D eigenvalue weighted by Gasteiger charge is 2.08. The van der Waals surface area contributed by atoms with Gasteiger partial charge in [-0.2, -0.15) is 15.0 Å². The molecule has 0 aromatic carbocycles. The predicted molar refractivity (Wildman–Crippen MR) is 77.9 cm³/mol. The highest BCUT2D eigenvalue weighted by atomic mass is 16.5. The van der Waals surface area contributed by atoms with Crippen LogP contribution in [-0.4, -0.2) is 55.4 Å². The van der Waals surface area contributed by atoms with Gasteiger partial charge in [-0.3, -0.25) is 0 Å². The number of ether oxygens (including phenoxy) is 1. The van der Waals surface area contributed by atoms with E-state index in [-0.39, 0.29) is 6.10 Å². The van der Waals surface area contributed by atoms with Crippen LogP contribution in [0.3, 0.4) is 0 Å². The largest absolute Gasteiger partial charge is 0.380 e. The van der Waals surface area contributed by atoms with Crippen molar-refractivity contribution in [3.8, 4) is 0 Å². The third-order valence-corrected chi connectivity index (χ3v) is 2.51. The van der Waals surface area contributed by atoms with Crippen molar-refractivity contribution in [3.63, 3.8) is 0 Å². The molecule has 0 aliphatic rings. The third-order valence-electron chi connectivity index (χ3n) is 2.51. The Labute approximate surface area is 114 Å². The molecule has 0 saturated carbocycles. The zero-order chi connectivity index (χ0) is 14.3. The number of methoxy groups -OCH3 is 1. The zero-order valence-electron chi connectivity index (χ0n) is 12.4. The summed E-state index contributed by atoms with van der Waals surface area (Å²) in [6, 6.07) is 0. The Hall–Kier alpha value is -1.63. The lowest BCUT2D eigenvalue weighted by molar-refractivity contribution is 0.128.